The monoisotopic (exact) mass is 251 g/mol. The van der Waals surface area contributed by atoms with Crippen LogP contribution in [0.2, 0.25) is 15.6 Å². The molecule has 1 heterocycles. The Labute approximate surface area is 97.1 Å². The molecule has 0 bridgehead atoms. The summed E-state index contributed by atoms with van der Waals surface area (Å²) in [6.07, 6.45) is 3.61. The first-order valence-electron chi connectivity index (χ1n) is 3.85. The summed E-state index contributed by atoms with van der Waals surface area (Å²) in [6, 6.07) is 0. The molecule has 0 amide bonds. The minimum absolute atomic E-state index is 0.0470. The third kappa shape index (κ3) is 3.10. The van der Waals surface area contributed by atoms with Crippen LogP contribution in [-0.2, 0) is 0 Å². The van der Waals surface area contributed by atoms with E-state index in [1.54, 1.807) is 6.08 Å². The fraction of sp³-hybridized carbons (Fsp3) is 0.250. The zero-order valence-corrected chi connectivity index (χ0v) is 9.66. The van der Waals surface area contributed by atoms with E-state index < -0.39 is 0 Å². The fourth-order valence-electron chi connectivity index (χ4n) is 0.825. The molecule has 0 aliphatic carbocycles. The lowest BCUT2D eigenvalue weighted by Gasteiger charge is -2.00. The van der Waals surface area contributed by atoms with Gasteiger partial charge in [0.1, 0.15) is 10.3 Å². The molecule has 1 aromatic rings. The van der Waals surface area contributed by atoms with Crippen molar-refractivity contribution in [3.05, 3.63) is 27.2 Å². The number of halogens is 3. The minimum Gasteiger partial charge on any atom is -0.316 e. The summed E-state index contributed by atoms with van der Waals surface area (Å²) < 4.78 is 0. The molecule has 0 atom stereocenters. The van der Waals surface area contributed by atoms with Gasteiger partial charge in [0, 0.05) is 12.1 Å². The van der Waals surface area contributed by atoms with Crippen molar-refractivity contribution in [1.82, 2.24) is 15.3 Å². The Morgan fingerprint density at radius 3 is 2.29 bits per heavy atom. The van der Waals surface area contributed by atoms with Crippen LogP contribution in [0, 0.1) is 0 Å². The zero-order chi connectivity index (χ0) is 10.6. The maximum absolute atomic E-state index is 5.82. The summed E-state index contributed by atoms with van der Waals surface area (Å²) >= 11 is 17.2. The van der Waals surface area contributed by atoms with Crippen LogP contribution in [0.3, 0.4) is 0 Å². The molecule has 0 aliphatic rings. The van der Waals surface area contributed by atoms with Crippen LogP contribution in [-0.4, -0.2) is 23.6 Å². The second-order valence-electron chi connectivity index (χ2n) is 2.45. The lowest BCUT2D eigenvalue weighted by atomic mass is 10.3. The first-order valence-corrected chi connectivity index (χ1v) is 4.98. The van der Waals surface area contributed by atoms with Crippen molar-refractivity contribution in [2.45, 2.75) is 0 Å². The topological polar surface area (TPSA) is 37.8 Å². The van der Waals surface area contributed by atoms with Crippen molar-refractivity contribution < 1.29 is 0 Å². The molecular weight excluding hydrogens is 244 g/mol. The Bertz CT molecular complexity index is 329. The summed E-state index contributed by atoms with van der Waals surface area (Å²) in [5.41, 5.74) is 0.577. The number of nitrogens with zero attached hydrogens (tertiary/aromatic N) is 2. The lowest BCUT2D eigenvalue weighted by molar-refractivity contribution is 0.922. The Morgan fingerprint density at radius 1 is 1.21 bits per heavy atom. The Kier molecular flexibility index (Phi) is 4.62. The second kappa shape index (κ2) is 5.51. The predicted molar refractivity (Wildman–Crippen MR) is 60.0 cm³/mol. The van der Waals surface area contributed by atoms with Gasteiger partial charge in [-0.05, 0) is 18.6 Å². The highest BCUT2D eigenvalue weighted by Crippen LogP contribution is 2.23. The van der Waals surface area contributed by atoms with Gasteiger partial charge in [-0.1, -0.05) is 35.4 Å². The SMILES string of the molecule is CNCC=Cc1c(Cl)nc(Cl)nc1Cl. The quantitative estimate of drug-likeness (QED) is 0.664. The van der Waals surface area contributed by atoms with E-state index in [4.69, 9.17) is 34.8 Å². The molecule has 1 aromatic heterocycles. The van der Waals surface area contributed by atoms with E-state index in [0.29, 0.717) is 5.56 Å². The highest BCUT2D eigenvalue weighted by atomic mass is 35.5. The van der Waals surface area contributed by atoms with Gasteiger partial charge in [-0.3, -0.25) is 0 Å². The maximum atomic E-state index is 5.82. The van der Waals surface area contributed by atoms with Crippen molar-refractivity contribution in [2.75, 3.05) is 13.6 Å². The maximum Gasteiger partial charge on any atom is 0.225 e. The first-order chi connectivity index (χ1) is 6.65. The van der Waals surface area contributed by atoms with Gasteiger partial charge in [-0.15, -0.1) is 0 Å². The molecular formula is C8H8Cl3N3. The molecule has 1 N–H and O–H groups in total. The van der Waals surface area contributed by atoms with Crippen molar-refractivity contribution in [3.63, 3.8) is 0 Å². The predicted octanol–water partition coefficient (Wildman–Crippen LogP) is 2.67. The van der Waals surface area contributed by atoms with Crippen molar-refractivity contribution in [1.29, 1.82) is 0 Å². The highest BCUT2D eigenvalue weighted by molar-refractivity contribution is 6.37. The van der Waals surface area contributed by atoms with Gasteiger partial charge in [-0.25, -0.2) is 9.97 Å². The summed E-state index contributed by atoms with van der Waals surface area (Å²) in [4.78, 5) is 7.55. The van der Waals surface area contributed by atoms with Gasteiger partial charge in [-0.2, -0.15) is 0 Å². The molecule has 0 aromatic carbocycles. The van der Waals surface area contributed by atoms with Crippen LogP contribution in [0.5, 0.6) is 0 Å². The normalized spacial score (nSPS) is 11.1. The van der Waals surface area contributed by atoms with E-state index >= 15 is 0 Å². The largest absolute Gasteiger partial charge is 0.316 e. The van der Waals surface area contributed by atoms with E-state index in [0.717, 1.165) is 6.54 Å². The number of rotatable bonds is 3. The van der Waals surface area contributed by atoms with Crippen molar-refractivity contribution >= 4 is 40.9 Å². The van der Waals surface area contributed by atoms with Crippen molar-refractivity contribution in [3.8, 4) is 0 Å². The molecule has 6 heteroatoms. The van der Waals surface area contributed by atoms with Gasteiger partial charge < -0.3 is 5.32 Å². The molecule has 0 radical (unpaired) electrons. The minimum atomic E-state index is 0.0470. The number of likely N-dealkylation sites (N-methyl/N-ethyl adjacent to an activating group) is 1. The molecule has 0 spiro atoms. The van der Waals surface area contributed by atoms with Crippen LogP contribution in [0.4, 0.5) is 0 Å². The average molecular weight is 253 g/mol. The van der Waals surface area contributed by atoms with Crippen molar-refractivity contribution in [2.24, 2.45) is 0 Å². The van der Waals surface area contributed by atoms with Gasteiger partial charge in [0.2, 0.25) is 5.28 Å². The molecule has 14 heavy (non-hydrogen) atoms. The van der Waals surface area contributed by atoms with Crippen LogP contribution >= 0.6 is 34.8 Å². The van der Waals surface area contributed by atoms with Gasteiger partial charge in [0.15, 0.2) is 0 Å². The summed E-state index contributed by atoms with van der Waals surface area (Å²) in [5.74, 6) is 0. The highest BCUT2D eigenvalue weighted by Gasteiger charge is 2.07. The standard InChI is InChI=1S/C8H8Cl3N3/c1-12-4-2-3-5-6(9)13-8(11)14-7(5)10/h2-3,12H,4H2,1H3. The number of aromatic nitrogens is 2. The first kappa shape index (κ1) is 11.7. The Morgan fingerprint density at radius 2 is 1.79 bits per heavy atom. The molecule has 76 valence electrons. The molecule has 0 fully saturated rings. The Hall–Kier alpha value is -0.350. The summed E-state index contributed by atoms with van der Waals surface area (Å²) in [6.45, 7) is 0.718. The van der Waals surface area contributed by atoms with Crippen LogP contribution < -0.4 is 5.32 Å². The van der Waals surface area contributed by atoms with E-state index in [-0.39, 0.29) is 15.6 Å². The molecule has 0 saturated carbocycles. The van der Waals surface area contributed by atoms with E-state index in [1.807, 2.05) is 13.1 Å². The molecule has 0 unspecified atom stereocenters. The smallest absolute Gasteiger partial charge is 0.225 e. The van der Waals surface area contributed by atoms with E-state index in [1.165, 1.54) is 0 Å². The number of hydrogen-bond acceptors (Lipinski definition) is 3. The lowest BCUT2D eigenvalue weighted by Crippen LogP contribution is -2.03. The second-order valence-corrected chi connectivity index (χ2v) is 3.50. The van der Waals surface area contributed by atoms with E-state index in [2.05, 4.69) is 15.3 Å². The van der Waals surface area contributed by atoms with Crippen LogP contribution in [0.1, 0.15) is 5.56 Å². The molecule has 0 saturated heterocycles. The molecule has 1 rings (SSSR count). The van der Waals surface area contributed by atoms with Crippen LogP contribution in [0.15, 0.2) is 6.08 Å². The average Bonchev–Trinajstić information content (AvgIpc) is 2.09. The Balaban J connectivity index is 2.96. The number of nitrogens with one attached hydrogen (secondary N) is 1. The van der Waals surface area contributed by atoms with Gasteiger partial charge in [0.25, 0.3) is 0 Å². The van der Waals surface area contributed by atoms with E-state index in [9.17, 15) is 0 Å². The third-order valence-corrected chi connectivity index (χ3v) is 2.18. The van der Waals surface area contributed by atoms with Crippen LogP contribution in [0.25, 0.3) is 6.08 Å². The fourth-order valence-corrected chi connectivity index (χ4v) is 1.59. The third-order valence-electron chi connectivity index (χ3n) is 1.43. The summed E-state index contributed by atoms with van der Waals surface area (Å²) in [5, 5.41) is 3.50. The van der Waals surface area contributed by atoms with Gasteiger partial charge >= 0.3 is 0 Å². The zero-order valence-electron chi connectivity index (χ0n) is 7.39. The molecule has 3 nitrogen and oxygen atoms in total. The summed E-state index contributed by atoms with van der Waals surface area (Å²) in [7, 11) is 1.84. The molecule has 0 aliphatic heterocycles. The number of hydrogen-bond donors (Lipinski definition) is 1. The van der Waals surface area contributed by atoms with Gasteiger partial charge in [0.05, 0.1) is 0 Å².